The maximum atomic E-state index is 11.0. The highest BCUT2D eigenvalue weighted by Crippen LogP contribution is 2.38. The summed E-state index contributed by atoms with van der Waals surface area (Å²) in [4.78, 5) is 0. The molecule has 0 saturated carbocycles. The van der Waals surface area contributed by atoms with Crippen molar-refractivity contribution >= 4 is 64.6 Å². The minimum Gasteiger partial charge on any atom is -0.229 e. The fourth-order valence-corrected chi connectivity index (χ4v) is 5.66. The maximum Gasteiger partial charge on any atom is 0.149 e. The predicted octanol–water partition coefficient (Wildman–Crippen LogP) is 3.60. The summed E-state index contributed by atoms with van der Waals surface area (Å²) in [7, 11) is -3.04. The zero-order valence-electron chi connectivity index (χ0n) is 7.13. The third-order valence-corrected chi connectivity index (χ3v) is 5.37. The van der Waals surface area contributed by atoms with E-state index in [1.54, 1.807) is 0 Å². The Bertz CT molecular complexity index is 427. The van der Waals surface area contributed by atoms with Gasteiger partial charge in [0.25, 0.3) is 0 Å². The van der Waals surface area contributed by atoms with Crippen LogP contribution in [0.5, 0.6) is 0 Å². The minimum absolute atomic E-state index is 0.0453. The number of sulfone groups is 1. The third kappa shape index (κ3) is 3.81. The van der Waals surface area contributed by atoms with Gasteiger partial charge in [-0.05, 0) is 43.5 Å². The van der Waals surface area contributed by atoms with Gasteiger partial charge >= 0.3 is 0 Å². The second-order valence-electron chi connectivity index (χ2n) is 2.84. The van der Waals surface area contributed by atoms with Crippen molar-refractivity contribution in [2.75, 3.05) is 12.0 Å². The Morgan fingerprint density at radius 2 is 2.14 bits per heavy atom. The van der Waals surface area contributed by atoms with E-state index in [-0.39, 0.29) is 5.75 Å². The quantitative estimate of drug-likeness (QED) is 0.749. The van der Waals surface area contributed by atoms with Crippen LogP contribution in [-0.4, -0.2) is 20.4 Å². The highest BCUT2D eigenvalue weighted by atomic mass is 79.9. The van der Waals surface area contributed by atoms with Crippen molar-refractivity contribution in [3.8, 4) is 0 Å². The van der Waals surface area contributed by atoms with Crippen LogP contribution in [0.25, 0.3) is 0 Å². The lowest BCUT2D eigenvalue weighted by Crippen LogP contribution is -2.08. The molecule has 1 aromatic heterocycles. The smallest absolute Gasteiger partial charge is 0.149 e. The first-order chi connectivity index (χ1) is 6.29. The summed E-state index contributed by atoms with van der Waals surface area (Å²) in [5.41, 5.74) is 0.814. The topological polar surface area (TPSA) is 34.1 Å². The average molecular weight is 383 g/mol. The summed E-state index contributed by atoms with van der Waals surface area (Å²) in [6.45, 7) is 0. The van der Waals surface area contributed by atoms with Crippen molar-refractivity contribution in [2.45, 2.75) is 5.38 Å². The zero-order valence-corrected chi connectivity index (χ0v) is 12.7. The van der Waals surface area contributed by atoms with Crippen LogP contribution in [0, 0.1) is 0 Å². The highest BCUT2D eigenvalue weighted by molar-refractivity contribution is 9.12. The lowest BCUT2D eigenvalue weighted by Gasteiger charge is -2.06. The summed E-state index contributed by atoms with van der Waals surface area (Å²) in [5.74, 6) is -0.0453. The van der Waals surface area contributed by atoms with Gasteiger partial charge in [-0.3, -0.25) is 0 Å². The first-order valence-corrected chi connectivity index (χ1v) is 8.46. The molecule has 1 aromatic rings. The van der Waals surface area contributed by atoms with Gasteiger partial charge in [-0.2, -0.15) is 0 Å². The van der Waals surface area contributed by atoms with E-state index in [1.165, 1.54) is 17.6 Å². The van der Waals surface area contributed by atoms with Crippen LogP contribution in [-0.2, 0) is 9.84 Å². The van der Waals surface area contributed by atoms with Gasteiger partial charge in [-0.1, -0.05) is 0 Å². The lowest BCUT2D eigenvalue weighted by atomic mass is 10.3. The van der Waals surface area contributed by atoms with Gasteiger partial charge in [0.05, 0.1) is 18.7 Å². The fourth-order valence-electron chi connectivity index (χ4n) is 0.922. The largest absolute Gasteiger partial charge is 0.229 e. The number of halogens is 3. The molecule has 80 valence electrons. The second-order valence-corrected chi connectivity index (χ2v) is 9.30. The molecular weight excluding hydrogens is 375 g/mol. The average Bonchev–Trinajstić information content (AvgIpc) is 2.26. The molecule has 0 amide bonds. The van der Waals surface area contributed by atoms with Crippen LogP contribution in [0.2, 0.25) is 0 Å². The molecule has 14 heavy (non-hydrogen) atoms. The predicted molar refractivity (Wildman–Crippen MR) is 68.0 cm³/mol. The Hall–Kier alpha value is 0.900. The van der Waals surface area contributed by atoms with Crippen LogP contribution >= 0.6 is 54.8 Å². The second kappa shape index (κ2) is 4.82. The molecule has 1 heterocycles. The molecule has 0 fully saturated rings. The van der Waals surface area contributed by atoms with Gasteiger partial charge < -0.3 is 0 Å². The van der Waals surface area contributed by atoms with Gasteiger partial charge in [-0.15, -0.1) is 22.9 Å². The molecule has 0 aliphatic carbocycles. The van der Waals surface area contributed by atoms with E-state index in [4.69, 9.17) is 11.6 Å². The Balaban J connectivity index is 2.90. The van der Waals surface area contributed by atoms with E-state index < -0.39 is 15.2 Å². The summed E-state index contributed by atoms with van der Waals surface area (Å²) in [6, 6.07) is 1.83. The molecule has 0 N–H and O–H groups in total. The highest BCUT2D eigenvalue weighted by Gasteiger charge is 2.19. The molecule has 0 radical (unpaired) electrons. The van der Waals surface area contributed by atoms with Crippen LogP contribution < -0.4 is 0 Å². The maximum absolute atomic E-state index is 11.0. The van der Waals surface area contributed by atoms with Crippen molar-refractivity contribution in [1.29, 1.82) is 0 Å². The van der Waals surface area contributed by atoms with Crippen LogP contribution in [0.3, 0.4) is 0 Å². The molecule has 0 spiro atoms. The van der Waals surface area contributed by atoms with E-state index in [9.17, 15) is 8.42 Å². The zero-order chi connectivity index (χ0) is 10.9. The summed E-state index contributed by atoms with van der Waals surface area (Å²) in [5, 5.41) is -0.498. The Labute approximate surface area is 109 Å². The molecule has 0 saturated heterocycles. The number of rotatable bonds is 3. The van der Waals surface area contributed by atoms with Gasteiger partial charge in [0, 0.05) is 6.26 Å². The van der Waals surface area contributed by atoms with E-state index in [0.29, 0.717) is 0 Å². The molecule has 2 nitrogen and oxygen atoms in total. The van der Waals surface area contributed by atoms with Crippen molar-refractivity contribution in [1.82, 2.24) is 0 Å². The van der Waals surface area contributed by atoms with Crippen LogP contribution in [0.1, 0.15) is 10.9 Å². The standard InChI is InChI=1S/C7H7Br2ClO2S2/c1-14(11,12)3-5(10)4-2-6(8)13-7(4)9/h2,5H,3H2,1H3. The first kappa shape index (κ1) is 13.0. The lowest BCUT2D eigenvalue weighted by molar-refractivity contribution is 0.600. The fraction of sp³-hybridized carbons (Fsp3) is 0.429. The SMILES string of the molecule is CS(=O)(=O)CC(Cl)c1cc(Br)sc1Br. The van der Waals surface area contributed by atoms with Crippen molar-refractivity contribution < 1.29 is 8.42 Å². The molecule has 1 rings (SSSR count). The molecule has 0 aliphatic rings. The van der Waals surface area contributed by atoms with Gasteiger partial charge in [0.2, 0.25) is 0 Å². The molecule has 1 atom stereocenters. The number of hydrogen-bond acceptors (Lipinski definition) is 3. The summed E-state index contributed by atoms with van der Waals surface area (Å²) < 4.78 is 23.8. The Morgan fingerprint density at radius 1 is 1.57 bits per heavy atom. The number of hydrogen-bond donors (Lipinski definition) is 0. The van der Waals surface area contributed by atoms with Crippen molar-refractivity contribution in [2.24, 2.45) is 0 Å². The molecule has 0 bridgehead atoms. The Morgan fingerprint density at radius 3 is 2.50 bits per heavy atom. The number of alkyl halides is 1. The minimum atomic E-state index is -3.04. The summed E-state index contributed by atoms with van der Waals surface area (Å²) >= 11 is 14.1. The Kier molecular flexibility index (Phi) is 4.47. The normalized spacial score (nSPS) is 14.3. The van der Waals surface area contributed by atoms with Gasteiger partial charge in [-0.25, -0.2) is 8.42 Å². The first-order valence-electron chi connectivity index (χ1n) is 3.56. The molecule has 0 aromatic carbocycles. The van der Waals surface area contributed by atoms with E-state index in [0.717, 1.165) is 13.1 Å². The molecule has 0 aliphatic heterocycles. The van der Waals surface area contributed by atoms with Crippen LogP contribution in [0.4, 0.5) is 0 Å². The monoisotopic (exact) mass is 380 g/mol. The molecule has 1 unspecified atom stereocenters. The van der Waals surface area contributed by atoms with E-state index >= 15 is 0 Å². The van der Waals surface area contributed by atoms with Crippen molar-refractivity contribution in [3.63, 3.8) is 0 Å². The van der Waals surface area contributed by atoms with Gasteiger partial charge in [0.1, 0.15) is 9.84 Å². The van der Waals surface area contributed by atoms with Crippen molar-refractivity contribution in [3.05, 3.63) is 19.2 Å². The number of thiophene rings is 1. The van der Waals surface area contributed by atoms with E-state index in [1.807, 2.05) is 6.07 Å². The molecule has 7 heteroatoms. The van der Waals surface area contributed by atoms with Crippen LogP contribution in [0.15, 0.2) is 13.6 Å². The molecular formula is C7H7Br2ClO2S2. The van der Waals surface area contributed by atoms with E-state index in [2.05, 4.69) is 31.9 Å². The van der Waals surface area contributed by atoms with Gasteiger partial charge in [0.15, 0.2) is 0 Å². The summed E-state index contributed by atoms with van der Waals surface area (Å²) in [6.07, 6.45) is 1.18. The third-order valence-electron chi connectivity index (χ3n) is 1.47.